The standard InChI is InChI=1S/C3H8N2O.C3H7NO2.C3H7NO.2C2H3NO.C2H4O2.C2H6O.2CH5N.3CH4O.4CH4/c1-4-3(6)5-2;1-4-3(5)6-2;1-3(5)4-2;2*1-3-2-4;1-2(3)4;1-3-2;5*1-2;;;;/h1-2H3,(H2,4,5,6);1-2H3,(H,4,5);1-2H3,(H,4,5);2*1H3;1H3,(H,3,4);1-2H3;2*2H2,1H3;3*2H,1H3;4*1H4. The van der Waals surface area contributed by atoms with E-state index in [1.165, 1.54) is 61.4 Å². The number of urea groups is 1. The number of alkyl carbamates (subject to hydrolysis) is 1. The van der Waals surface area contributed by atoms with E-state index in [0.717, 1.165) is 28.3 Å². The van der Waals surface area contributed by atoms with Gasteiger partial charge in [-0.05, 0) is 14.1 Å². The fraction of sp³-hybridized carbons (Fsp3) is 0.769. The lowest BCUT2D eigenvalue weighted by Crippen LogP contribution is -2.28. The molecule has 0 saturated carbocycles. The summed E-state index contributed by atoms with van der Waals surface area (Å²) in [7, 11) is 19.6. The van der Waals surface area contributed by atoms with Crippen LogP contribution in [0.2, 0.25) is 0 Å². The van der Waals surface area contributed by atoms with Crippen LogP contribution in [0.1, 0.15) is 43.6 Å². The second-order valence-corrected chi connectivity index (χ2v) is 3.93. The number of rotatable bonds is 0. The van der Waals surface area contributed by atoms with Crippen molar-refractivity contribution in [1.82, 2.24) is 21.3 Å². The summed E-state index contributed by atoms with van der Waals surface area (Å²) in [5.74, 6) is -0.829. The highest BCUT2D eigenvalue weighted by Crippen LogP contribution is 1.62. The highest BCUT2D eigenvalue weighted by molar-refractivity contribution is 5.73. The number of hydrogen-bond acceptors (Lipinski definition) is 15. The third-order valence-electron chi connectivity index (χ3n) is 1.38. The summed E-state index contributed by atoms with van der Waals surface area (Å²) in [5.41, 5.74) is 9.00. The van der Waals surface area contributed by atoms with Crippen LogP contribution in [0.5, 0.6) is 0 Å². The molecule has 0 fully saturated rings. The Bertz CT molecular complexity index is 489. The fourth-order valence-corrected chi connectivity index (χ4v) is 0.227. The van der Waals surface area contributed by atoms with E-state index < -0.39 is 12.1 Å². The number of methoxy groups -OCH3 is 2. The molecule has 12 N–H and O–H groups in total. The zero-order chi connectivity index (χ0) is 37.4. The molecule has 0 heterocycles. The van der Waals surface area contributed by atoms with E-state index in [-0.39, 0.29) is 41.6 Å². The molecule has 20 nitrogen and oxygen atoms in total. The number of amides is 4. The quantitative estimate of drug-likeness (QED) is 0.118. The van der Waals surface area contributed by atoms with E-state index in [9.17, 15) is 14.4 Å². The highest BCUT2D eigenvalue weighted by Gasteiger charge is 1.85. The van der Waals surface area contributed by atoms with Gasteiger partial charge in [-0.25, -0.2) is 29.2 Å². The third kappa shape index (κ3) is 951. The van der Waals surface area contributed by atoms with Crippen LogP contribution in [0.15, 0.2) is 9.98 Å². The minimum atomic E-state index is -0.833. The first kappa shape index (κ1) is 104. The molecule has 46 heavy (non-hydrogen) atoms. The van der Waals surface area contributed by atoms with E-state index in [4.69, 9.17) is 34.8 Å². The van der Waals surface area contributed by atoms with Crippen molar-refractivity contribution in [3.63, 3.8) is 0 Å². The maximum absolute atomic E-state index is 9.96. The van der Waals surface area contributed by atoms with Crippen LogP contribution in [0.25, 0.3) is 0 Å². The first-order valence-corrected chi connectivity index (χ1v) is 10.7. The number of carboxylic acid groups (broad SMARTS) is 1. The van der Waals surface area contributed by atoms with Gasteiger partial charge in [-0.15, -0.1) is 0 Å². The number of carbonyl (C=O) groups is 4. The molecule has 292 valence electrons. The van der Waals surface area contributed by atoms with E-state index >= 15 is 0 Å². The number of aliphatic hydroxyl groups is 3. The Balaban J connectivity index is -0.0000000155. The second kappa shape index (κ2) is 202. The van der Waals surface area contributed by atoms with Crippen LogP contribution >= 0.6 is 0 Å². The van der Waals surface area contributed by atoms with Crippen LogP contribution in [0.4, 0.5) is 9.59 Å². The fourth-order valence-electron chi connectivity index (χ4n) is 0.227. The summed E-state index contributed by atoms with van der Waals surface area (Å²) in [6, 6.07) is -0.157. The minimum absolute atomic E-state index is 0. The third-order valence-corrected chi connectivity index (χ3v) is 1.38. The van der Waals surface area contributed by atoms with E-state index in [2.05, 4.69) is 52.2 Å². The van der Waals surface area contributed by atoms with Crippen molar-refractivity contribution in [2.45, 2.75) is 43.6 Å². The molecule has 0 aromatic heterocycles. The molecule has 0 aromatic rings. The number of nitrogens with one attached hydrogen (secondary N) is 4. The maximum atomic E-state index is 9.96. The number of aliphatic hydroxyl groups excluding tert-OH is 3. The van der Waals surface area contributed by atoms with Crippen LogP contribution in [-0.4, -0.2) is 156 Å². The number of ether oxygens (including phenoxy) is 2. The van der Waals surface area contributed by atoms with Gasteiger partial charge in [0.1, 0.15) is 0 Å². The molecule has 0 spiro atoms. The molecule has 0 radical (unpaired) electrons. The number of aliphatic imine (C=N–C) groups is 2. The SMILES string of the molecule is C.C.C.C.CC(=O)O.CN.CN.CN=C=O.CN=C=O.CNC(=O)NC.CNC(=O)OC.CNC(C)=O.CO.CO.CO.COC. The van der Waals surface area contributed by atoms with Crippen molar-refractivity contribution in [2.24, 2.45) is 21.5 Å². The van der Waals surface area contributed by atoms with Gasteiger partial charge in [-0.3, -0.25) is 9.59 Å². The molecule has 0 saturated heterocycles. The first-order valence-electron chi connectivity index (χ1n) is 10.7. The summed E-state index contributed by atoms with van der Waals surface area (Å²) < 4.78 is 8.40. The second-order valence-electron chi connectivity index (χ2n) is 3.93. The van der Waals surface area contributed by atoms with Crippen molar-refractivity contribution in [3.8, 4) is 0 Å². The molecular formula is C26H76N8O12. The predicted octanol–water partition coefficient (Wildman–Crippen LogP) is 0.0469. The van der Waals surface area contributed by atoms with Crippen molar-refractivity contribution >= 4 is 36.2 Å². The van der Waals surface area contributed by atoms with Crippen LogP contribution in [0.3, 0.4) is 0 Å². The number of aliphatic carboxylic acids is 1. The van der Waals surface area contributed by atoms with Crippen molar-refractivity contribution < 1.29 is 58.7 Å². The Kier molecular flexibility index (Phi) is 460. The lowest BCUT2D eigenvalue weighted by atomic mass is 10.7. The molecule has 0 rings (SSSR count). The van der Waals surface area contributed by atoms with E-state index in [1.54, 1.807) is 35.4 Å². The molecular weight excluding hydrogens is 616 g/mol. The van der Waals surface area contributed by atoms with E-state index in [1.807, 2.05) is 0 Å². The average molecular weight is 693 g/mol. The molecule has 0 atom stereocenters. The normalized spacial score (nSPS) is 4.89. The summed E-state index contributed by atoms with van der Waals surface area (Å²) in [6.07, 6.45) is 2.20. The Morgan fingerprint density at radius 3 is 0.761 bits per heavy atom. The molecule has 0 unspecified atom stereocenters. The monoisotopic (exact) mass is 693 g/mol. The van der Waals surface area contributed by atoms with Crippen LogP contribution in [-0.2, 0) is 28.7 Å². The number of nitrogens with zero attached hydrogens (tertiary/aromatic N) is 2. The molecule has 20 heteroatoms. The largest absolute Gasteiger partial charge is 0.481 e. The predicted molar refractivity (Wildman–Crippen MR) is 191 cm³/mol. The van der Waals surface area contributed by atoms with Gasteiger partial charge >= 0.3 is 12.1 Å². The number of carbonyl (C=O) groups excluding carboxylic acids is 5. The maximum Gasteiger partial charge on any atom is 0.406 e. The summed E-state index contributed by atoms with van der Waals surface area (Å²) in [6.45, 7) is 2.56. The van der Waals surface area contributed by atoms with Gasteiger partial charge in [0, 0.05) is 91.7 Å². The van der Waals surface area contributed by atoms with Gasteiger partial charge in [-0.1, -0.05) is 29.7 Å². The zero-order valence-electron chi connectivity index (χ0n) is 28.1. The Morgan fingerprint density at radius 1 is 0.609 bits per heavy atom. The molecule has 4 amide bonds. The Labute approximate surface area is 280 Å². The number of carboxylic acids is 1. The van der Waals surface area contributed by atoms with E-state index in [0.29, 0.717) is 0 Å². The van der Waals surface area contributed by atoms with Crippen molar-refractivity contribution in [3.05, 3.63) is 0 Å². The van der Waals surface area contributed by atoms with Gasteiger partial charge in [0.25, 0.3) is 5.97 Å². The molecule has 0 aromatic carbocycles. The highest BCUT2D eigenvalue weighted by atomic mass is 16.5. The lowest BCUT2D eigenvalue weighted by Gasteiger charge is -1.91. The first-order chi connectivity index (χ1) is 19.9. The Hall–Kier alpha value is -4.00. The van der Waals surface area contributed by atoms with Gasteiger partial charge in [0.2, 0.25) is 18.1 Å². The lowest BCUT2D eigenvalue weighted by molar-refractivity contribution is -0.134. The number of isocyanates is 2. The van der Waals surface area contributed by atoms with Gasteiger partial charge in [0.15, 0.2) is 0 Å². The zero-order valence-corrected chi connectivity index (χ0v) is 28.1. The average Bonchev–Trinajstić information content (AvgIpc) is 3.05. The van der Waals surface area contributed by atoms with Crippen molar-refractivity contribution in [2.75, 3.05) is 99.0 Å². The molecule has 0 aliphatic carbocycles. The summed E-state index contributed by atoms with van der Waals surface area (Å²) in [4.78, 5) is 62.1. The molecule has 0 aliphatic rings. The molecule has 0 bridgehead atoms. The minimum Gasteiger partial charge on any atom is -0.481 e. The Morgan fingerprint density at radius 2 is 0.761 bits per heavy atom. The topological polar surface area (TPSA) is 327 Å². The van der Waals surface area contributed by atoms with Gasteiger partial charge in [-0.2, -0.15) is 0 Å². The summed E-state index contributed by atoms with van der Waals surface area (Å²) in [5, 5.41) is 37.8. The van der Waals surface area contributed by atoms with Gasteiger partial charge in [0.05, 0.1) is 7.11 Å². The summed E-state index contributed by atoms with van der Waals surface area (Å²) >= 11 is 0. The smallest absolute Gasteiger partial charge is 0.406 e. The van der Waals surface area contributed by atoms with Gasteiger partial charge < -0.3 is 62.6 Å². The van der Waals surface area contributed by atoms with Crippen LogP contribution in [0, 0.1) is 0 Å². The van der Waals surface area contributed by atoms with Crippen LogP contribution < -0.4 is 32.7 Å². The number of hydrogen-bond donors (Lipinski definition) is 10. The molecule has 0 aliphatic heterocycles. The number of nitrogens with two attached hydrogens (primary N) is 2. The van der Waals surface area contributed by atoms with Crippen molar-refractivity contribution in [1.29, 1.82) is 0 Å².